The van der Waals surface area contributed by atoms with Crippen LogP contribution in [0.25, 0.3) is 16.7 Å². The number of rotatable bonds is 8. The van der Waals surface area contributed by atoms with E-state index in [0.717, 1.165) is 27.8 Å². The number of fused-ring (bicyclic) bond motifs is 1. The number of methoxy groups -OCH3 is 3. The zero-order valence-corrected chi connectivity index (χ0v) is 22.3. The fourth-order valence-electron chi connectivity index (χ4n) is 5.08. The topological polar surface area (TPSA) is 101 Å². The molecule has 0 aliphatic carbocycles. The van der Waals surface area contributed by atoms with Gasteiger partial charge in [-0.15, -0.1) is 0 Å². The standard InChI is InChI=1S/C31H30N2O6/c1-18-5-7-19(8-6-18)29(34)27-28(23-11-9-22(38-3)16-26(23)39-4)33(31(36)30(27)35)14-13-20-17-32-25-12-10-21(37-2)15-24(20)25/h5-12,15-17,28,32,34H,13-14H2,1-4H3/t28-/m0/s1. The highest BCUT2D eigenvalue weighted by molar-refractivity contribution is 6.46. The Bertz CT molecular complexity index is 1580. The Morgan fingerprint density at radius 2 is 1.62 bits per heavy atom. The molecule has 0 spiro atoms. The van der Waals surface area contributed by atoms with Crippen LogP contribution < -0.4 is 14.2 Å². The molecular weight excluding hydrogens is 496 g/mol. The number of carbonyl (C=O) groups is 2. The quantitative estimate of drug-likeness (QED) is 0.187. The van der Waals surface area contributed by atoms with Gasteiger partial charge in [0.2, 0.25) is 0 Å². The van der Waals surface area contributed by atoms with Crippen LogP contribution in [0.2, 0.25) is 0 Å². The maximum absolute atomic E-state index is 13.5. The van der Waals surface area contributed by atoms with Gasteiger partial charge in [-0.05, 0) is 49.2 Å². The van der Waals surface area contributed by atoms with E-state index in [-0.39, 0.29) is 17.9 Å². The van der Waals surface area contributed by atoms with E-state index in [1.807, 2.05) is 43.5 Å². The summed E-state index contributed by atoms with van der Waals surface area (Å²) in [5.41, 5.74) is 3.99. The largest absolute Gasteiger partial charge is 0.507 e. The van der Waals surface area contributed by atoms with Gasteiger partial charge in [-0.3, -0.25) is 9.59 Å². The van der Waals surface area contributed by atoms with Crippen molar-refractivity contribution >= 4 is 28.4 Å². The van der Waals surface area contributed by atoms with Crippen molar-refractivity contribution in [3.63, 3.8) is 0 Å². The minimum atomic E-state index is -0.855. The molecule has 0 radical (unpaired) electrons. The summed E-state index contributed by atoms with van der Waals surface area (Å²) in [4.78, 5) is 31.7. The molecular formula is C31H30N2O6. The lowest BCUT2D eigenvalue weighted by atomic mass is 9.94. The number of aliphatic hydroxyl groups excluding tert-OH is 1. The van der Waals surface area contributed by atoms with Crippen LogP contribution in [0.4, 0.5) is 0 Å². The minimum Gasteiger partial charge on any atom is -0.507 e. The summed E-state index contributed by atoms with van der Waals surface area (Å²) in [7, 11) is 4.68. The molecule has 1 aliphatic rings. The highest BCUT2D eigenvalue weighted by Crippen LogP contribution is 2.44. The van der Waals surface area contributed by atoms with Gasteiger partial charge in [0.1, 0.15) is 23.0 Å². The van der Waals surface area contributed by atoms with E-state index < -0.39 is 17.7 Å². The van der Waals surface area contributed by atoms with Gasteiger partial charge in [0.15, 0.2) is 0 Å². The normalized spacial score (nSPS) is 16.6. The Labute approximate surface area is 226 Å². The van der Waals surface area contributed by atoms with E-state index in [2.05, 4.69) is 4.98 Å². The summed E-state index contributed by atoms with van der Waals surface area (Å²) < 4.78 is 16.4. The van der Waals surface area contributed by atoms with Crippen molar-refractivity contribution in [2.75, 3.05) is 27.9 Å². The van der Waals surface area contributed by atoms with Crippen LogP contribution in [0.1, 0.15) is 28.3 Å². The van der Waals surface area contributed by atoms with E-state index in [1.54, 1.807) is 44.6 Å². The average molecular weight is 527 g/mol. The number of benzene rings is 3. The number of likely N-dealkylation sites (tertiary alicyclic amines) is 1. The smallest absolute Gasteiger partial charge is 0.295 e. The van der Waals surface area contributed by atoms with Gasteiger partial charge >= 0.3 is 0 Å². The number of carbonyl (C=O) groups excluding carboxylic acids is 2. The molecule has 1 aromatic heterocycles. The molecule has 0 bridgehead atoms. The number of aryl methyl sites for hydroxylation is 1. The SMILES string of the molecule is COc1ccc([C@H]2C(=C(O)c3ccc(C)cc3)C(=O)C(=O)N2CCc2c[nH]c3ccc(OC)cc23)c(OC)c1. The molecule has 0 saturated carbocycles. The van der Waals surface area contributed by atoms with Crippen molar-refractivity contribution in [2.45, 2.75) is 19.4 Å². The zero-order valence-electron chi connectivity index (χ0n) is 22.3. The number of H-pyrrole nitrogens is 1. The lowest BCUT2D eigenvalue weighted by molar-refractivity contribution is -0.139. The van der Waals surface area contributed by atoms with Crippen LogP contribution in [0, 0.1) is 6.92 Å². The van der Waals surface area contributed by atoms with E-state index in [9.17, 15) is 14.7 Å². The molecule has 4 aromatic rings. The molecule has 5 rings (SSSR count). The number of hydrogen-bond acceptors (Lipinski definition) is 6. The van der Waals surface area contributed by atoms with Crippen LogP contribution in [-0.4, -0.2) is 54.6 Å². The van der Waals surface area contributed by atoms with Crippen molar-refractivity contribution < 1.29 is 28.9 Å². The zero-order chi connectivity index (χ0) is 27.7. The van der Waals surface area contributed by atoms with E-state index in [0.29, 0.717) is 29.0 Å². The van der Waals surface area contributed by atoms with Crippen LogP contribution in [0.15, 0.2) is 72.4 Å². The first-order chi connectivity index (χ1) is 18.9. The molecule has 8 nitrogen and oxygen atoms in total. The molecule has 1 fully saturated rings. The van der Waals surface area contributed by atoms with Gasteiger partial charge in [0, 0.05) is 40.8 Å². The molecule has 1 aliphatic heterocycles. The maximum atomic E-state index is 13.5. The van der Waals surface area contributed by atoms with E-state index in [4.69, 9.17) is 14.2 Å². The van der Waals surface area contributed by atoms with Crippen molar-refractivity contribution in [2.24, 2.45) is 0 Å². The van der Waals surface area contributed by atoms with Crippen molar-refractivity contribution in [3.05, 3.63) is 94.7 Å². The monoisotopic (exact) mass is 526 g/mol. The van der Waals surface area contributed by atoms with Crippen LogP contribution in [0.3, 0.4) is 0 Å². The number of ketones is 1. The van der Waals surface area contributed by atoms with Crippen LogP contribution >= 0.6 is 0 Å². The Kier molecular flexibility index (Phi) is 7.02. The highest BCUT2D eigenvalue weighted by atomic mass is 16.5. The summed E-state index contributed by atoms with van der Waals surface area (Å²) in [5.74, 6) is 0.0950. The predicted octanol–water partition coefficient (Wildman–Crippen LogP) is 5.17. The second-order valence-electron chi connectivity index (χ2n) is 9.44. The number of ether oxygens (including phenoxy) is 3. The number of Topliss-reactive ketones (excluding diaryl/α,β-unsaturated/α-hetero) is 1. The summed E-state index contributed by atoms with van der Waals surface area (Å²) >= 11 is 0. The van der Waals surface area contributed by atoms with Gasteiger partial charge in [-0.25, -0.2) is 0 Å². The lowest BCUT2D eigenvalue weighted by Gasteiger charge is -2.27. The second kappa shape index (κ2) is 10.6. The van der Waals surface area contributed by atoms with Crippen molar-refractivity contribution in [1.82, 2.24) is 9.88 Å². The van der Waals surface area contributed by atoms with Gasteiger partial charge in [-0.1, -0.05) is 29.8 Å². The van der Waals surface area contributed by atoms with Gasteiger partial charge in [-0.2, -0.15) is 0 Å². The van der Waals surface area contributed by atoms with Crippen LogP contribution in [-0.2, 0) is 16.0 Å². The predicted molar refractivity (Wildman–Crippen MR) is 148 cm³/mol. The number of amides is 1. The van der Waals surface area contributed by atoms with Gasteiger partial charge < -0.3 is 29.2 Å². The molecule has 1 atom stereocenters. The molecule has 1 saturated heterocycles. The summed E-state index contributed by atoms with van der Waals surface area (Å²) in [5, 5.41) is 12.3. The third-order valence-electron chi connectivity index (χ3n) is 7.20. The van der Waals surface area contributed by atoms with Crippen LogP contribution in [0.5, 0.6) is 17.2 Å². The van der Waals surface area contributed by atoms with E-state index in [1.165, 1.54) is 12.0 Å². The summed E-state index contributed by atoms with van der Waals surface area (Å²) in [6.45, 7) is 2.17. The average Bonchev–Trinajstić information content (AvgIpc) is 3.48. The minimum absolute atomic E-state index is 0.0212. The molecule has 8 heteroatoms. The first-order valence-corrected chi connectivity index (χ1v) is 12.6. The second-order valence-corrected chi connectivity index (χ2v) is 9.44. The highest BCUT2D eigenvalue weighted by Gasteiger charge is 2.47. The molecule has 200 valence electrons. The molecule has 3 aromatic carbocycles. The number of hydrogen-bond donors (Lipinski definition) is 2. The number of aliphatic hydroxyl groups is 1. The summed E-state index contributed by atoms with van der Waals surface area (Å²) in [6, 6.07) is 17.3. The Balaban J connectivity index is 1.60. The Morgan fingerprint density at radius 3 is 2.31 bits per heavy atom. The number of aromatic nitrogens is 1. The third-order valence-corrected chi connectivity index (χ3v) is 7.20. The first kappa shape index (κ1) is 25.9. The van der Waals surface area contributed by atoms with E-state index >= 15 is 0 Å². The molecule has 2 heterocycles. The van der Waals surface area contributed by atoms with Crippen molar-refractivity contribution in [1.29, 1.82) is 0 Å². The number of aromatic amines is 1. The number of nitrogens with zero attached hydrogens (tertiary/aromatic N) is 1. The first-order valence-electron chi connectivity index (χ1n) is 12.6. The fraction of sp³-hybridized carbons (Fsp3) is 0.226. The summed E-state index contributed by atoms with van der Waals surface area (Å²) in [6.07, 6.45) is 2.37. The van der Waals surface area contributed by atoms with Gasteiger partial charge in [0.05, 0.1) is 32.9 Å². The number of nitrogens with one attached hydrogen (secondary N) is 1. The van der Waals surface area contributed by atoms with Gasteiger partial charge in [0.25, 0.3) is 11.7 Å². The third kappa shape index (κ3) is 4.69. The molecule has 0 unspecified atom stereocenters. The fourth-order valence-corrected chi connectivity index (χ4v) is 5.08. The Morgan fingerprint density at radius 1 is 0.923 bits per heavy atom. The lowest BCUT2D eigenvalue weighted by Crippen LogP contribution is -2.31. The van der Waals surface area contributed by atoms with Crippen molar-refractivity contribution in [3.8, 4) is 17.2 Å². The Hall–Kier alpha value is -4.72. The maximum Gasteiger partial charge on any atom is 0.295 e. The molecule has 2 N–H and O–H groups in total. The molecule has 1 amide bonds. The molecule has 39 heavy (non-hydrogen) atoms.